The summed E-state index contributed by atoms with van der Waals surface area (Å²) in [7, 11) is 0. The molecule has 2 aromatic rings. The molecule has 3 aliphatic rings. The van der Waals surface area contributed by atoms with E-state index in [9.17, 15) is 19.5 Å². The van der Waals surface area contributed by atoms with Crippen LogP contribution in [-0.4, -0.2) is 66.4 Å². The van der Waals surface area contributed by atoms with Crippen LogP contribution < -0.4 is 5.32 Å². The topological polar surface area (TPSA) is 105 Å². The third-order valence-electron chi connectivity index (χ3n) is 7.13. The lowest BCUT2D eigenvalue weighted by Gasteiger charge is -2.34. The van der Waals surface area contributed by atoms with Crippen LogP contribution >= 0.6 is 0 Å². The largest absolute Gasteiger partial charge is 0.480 e. The van der Waals surface area contributed by atoms with Gasteiger partial charge in [0.15, 0.2) is 0 Å². The van der Waals surface area contributed by atoms with Gasteiger partial charge < -0.3 is 24.8 Å². The molecule has 34 heavy (non-hydrogen) atoms. The van der Waals surface area contributed by atoms with Gasteiger partial charge in [0, 0.05) is 12.0 Å². The molecule has 8 nitrogen and oxygen atoms in total. The number of aliphatic carboxylic acids is 1. The maximum atomic E-state index is 13.3. The van der Waals surface area contributed by atoms with E-state index in [4.69, 9.17) is 9.47 Å². The Balaban J connectivity index is 1.26. The number of carbonyl (C=O) groups excluding carboxylic acids is 2. The second-order valence-corrected chi connectivity index (χ2v) is 9.51. The highest BCUT2D eigenvalue weighted by atomic mass is 16.5. The van der Waals surface area contributed by atoms with Crippen molar-refractivity contribution >= 4 is 18.0 Å². The summed E-state index contributed by atoms with van der Waals surface area (Å²) in [5.41, 5.74) is 3.48. The Hall–Kier alpha value is -3.39. The number of carbonyl (C=O) groups is 3. The van der Waals surface area contributed by atoms with Gasteiger partial charge in [0.05, 0.1) is 24.7 Å². The van der Waals surface area contributed by atoms with Crippen molar-refractivity contribution < 1.29 is 29.0 Å². The van der Waals surface area contributed by atoms with Crippen LogP contribution in [0.25, 0.3) is 11.1 Å². The fourth-order valence-electron chi connectivity index (χ4n) is 5.09. The number of fused-ring (bicyclic) bond motifs is 3. The third kappa shape index (κ3) is 4.03. The van der Waals surface area contributed by atoms with Gasteiger partial charge in [-0.15, -0.1) is 0 Å². The number of nitrogens with zero attached hydrogens (tertiary/aromatic N) is 1. The van der Waals surface area contributed by atoms with Gasteiger partial charge in [0.1, 0.15) is 13.2 Å². The summed E-state index contributed by atoms with van der Waals surface area (Å²) in [6.07, 6.45) is 0.966. The first kappa shape index (κ1) is 22.4. The normalized spacial score (nSPS) is 23.1. The van der Waals surface area contributed by atoms with Gasteiger partial charge in [0.2, 0.25) is 5.91 Å². The number of amides is 2. The number of nitrogens with one attached hydrogen (secondary N) is 1. The molecule has 0 spiro atoms. The van der Waals surface area contributed by atoms with Crippen LogP contribution in [0.15, 0.2) is 48.5 Å². The van der Waals surface area contributed by atoms with E-state index in [2.05, 4.69) is 29.6 Å². The van der Waals surface area contributed by atoms with Gasteiger partial charge in [-0.05, 0) is 42.0 Å². The van der Waals surface area contributed by atoms with E-state index in [0.717, 1.165) is 35.1 Å². The Kier molecular flexibility index (Phi) is 5.77. The van der Waals surface area contributed by atoms with E-state index in [-0.39, 0.29) is 44.2 Å². The number of carboxylic acids is 1. The molecular formula is C26H28N2O6. The summed E-state index contributed by atoms with van der Waals surface area (Å²) in [6, 6.07) is 15.5. The molecule has 2 aromatic carbocycles. The molecule has 0 radical (unpaired) electrons. The lowest BCUT2D eigenvalue weighted by atomic mass is 9.83. The molecule has 8 heteroatoms. The highest BCUT2D eigenvalue weighted by molar-refractivity contribution is 5.88. The fourth-order valence-corrected chi connectivity index (χ4v) is 5.09. The summed E-state index contributed by atoms with van der Waals surface area (Å²) in [6.45, 7) is 1.82. The molecular weight excluding hydrogens is 436 g/mol. The summed E-state index contributed by atoms with van der Waals surface area (Å²) in [4.78, 5) is 38.8. The van der Waals surface area contributed by atoms with Gasteiger partial charge in [-0.1, -0.05) is 48.5 Å². The SMILES string of the molecule is CC1(C(=O)N(CC(=O)O)C2CC2)COCC1NC(=O)OCC1c2ccccc2-c2ccccc21. The Bertz CT molecular complexity index is 1080. The van der Waals surface area contributed by atoms with Gasteiger partial charge >= 0.3 is 12.1 Å². The smallest absolute Gasteiger partial charge is 0.407 e. The summed E-state index contributed by atoms with van der Waals surface area (Å²) in [5.74, 6) is -1.42. The Morgan fingerprint density at radius 2 is 1.71 bits per heavy atom. The Morgan fingerprint density at radius 3 is 2.29 bits per heavy atom. The minimum Gasteiger partial charge on any atom is -0.480 e. The maximum absolute atomic E-state index is 13.3. The molecule has 1 saturated carbocycles. The van der Waals surface area contributed by atoms with Crippen LogP contribution in [0.4, 0.5) is 4.79 Å². The van der Waals surface area contributed by atoms with Gasteiger partial charge in [0.25, 0.3) is 0 Å². The van der Waals surface area contributed by atoms with Gasteiger partial charge in [-0.3, -0.25) is 9.59 Å². The van der Waals surface area contributed by atoms with Crippen molar-refractivity contribution in [3.63, 3.8) is 0 Å². The van der Waals surface area contributed by atoms with Crippen molar-refractivity contribution in [3.05, 3.63) is 59.7 Å². The number of rotatable bonds is 7. The number of benzene rings is 2. The molecule has 1 heterocycles. The van der Waals surface area contributed by atoms with E-state index < -0.39 is 23.5 Å². The predicted octanol–water partition coefficient (Wildman–Crippen LogP) is 3.01. The molecule has 2 amide bonds. The average Bonchev–Trinajstić information content (AvgIpc) is 3.54. The number of hydrogen-bond donors (Lipinski definition) is 2. The monoisotopic (exact) mass is 464 g/mol. The second kappa shape index (κ2) is 8.76. The first-order chi connectivity index (χ1) is 16.4. The molecule has 1 saturated heterocycles. The molecule has 0 bridgehead atoms. The Labute approximate surface area is 197 Å². The third-order valence-corrected chi connectivity index (χ3v) is 7.13. The molecule has 2 atom stereocenters. The number of carboxylic acid groups (broad SMARTS) is 1. The molecule has 2 fully saturated rings. The van der Waals surface area contributed by atoms with Crippen LogP contribution in [0.2, 0.25) is 0 Å². The molecule has 178 valence electrons. The van der Waals surface area contributed by atoms with Crippen molar-refractivity contribution in [1.29, 1.82) is 0 Å². The van der Waals surface area contributed by atoms with Crippen LogP contribution in [0.5, 0.6) is 0 Å². The molecule has 2 unspecified atom stereocenters. The maximum Gasteiger partial charge on any atom is 0.407 e. The zero-order valence-electron chi connectivity index (χ0n) is 19.0. The van der Waals surface area contributed by atoms with Crippen LogP contribution in [0.3, 0.4) is 0 Å². The minimum atomic E-state index is -1.05. The summed E-state index contributed by atoms with van der Waals surface area (Å²) in [5, 5.41) is 12.1. The quantitative estimate of drug-likeness (QED) is 0.653. The molecule has 0 aromatic heterocycles. The minimum absolute atomic E-state index is 0.0591. The summed E-state index contributed by atoms with van der Waals surface area (Å²) >= 11 is 0. The molecule has 2 N–H and O–H groups in total. The number of alkyl carbamates (subject to hydrolysis) is 1. The van der Waals surface area contributed by atoms with E-state index in [0.29, 0.717) is 0 Å². The molecule has 1 aliphatic heterocycles. The van der Waals surface area contributed by atoms with Gasteiger partial charge in [-0.25, -0.2) is 4.79 Å². The zero-order chi connectivity index (χ0) is 23.9. The van der Waals surface area contributed by atoms with E-state index in [1.807, 2.05) is 24.3 Å². The fraction of sp³-hybridized carbons (Fsp3) is 0.423. The van der Waals surface area contributed by atoms with E-state index in [1.54, 1.807) is 6.92 Å². The molecule has 5 rings (SSSR count). The highest BCUT2D eigenvalue weighted by Crippen LogP contribution is 2.44. The second-order valence-electron chi connectivity index (χ2n) is 9.51. The van der Waals surface area contributed by atoms with Crippen LogP contribution in [0.1, 0.15) is 36.8 Å². The number of hydrogen-bond acceptors (Lipinski definition) is 5. The van der Waals surface area contributed by atoms with E-state index >= 15 is 0 Å². The number of ether oxygens (including phenoxy) is 2. The lowest BCUT2D eigenvalue weighted by molar-refractivity contribution is -0.150. The highest BCUT2D eigenvalue weighted by Gasteiger charge is 2.51. The van der Waals surface area contributed by atoms with E-state index in [1.165, 1.54) is 4.90 Å². The first-order valence-corrected chi connectivity index (χ1v) is 11.6. The van der Waals surface area contributed by atoms with Crippen LogP contribution in [0, 0.1) is 5.41 Å². The zero-order valence-corrected chi connectivity index (χ0v) is 19.0. The van der Waals surface area contributed by atoms with Gasteiger partial charge in [-0.2, -0.15) is 0 Å². The van der Waals surface area contributed by atoms with Crippen molar-refractivity contribution in [1.82, 2.24) is 10.2 Å². The van der Waals surface area contributed by atoms with Crippen LogP contribution in [-0.2, 0) is 19.1 Å². The summed E-state index contributed by atoms with van der Waals surface area (Å²) < 4.78 is 11.2. The predicted molar refractivity (Wildman–Crippen MR) is 123 cm³/mol. The lowest BCUT2D eigenvalue weighted by Crippen LogP contribution is -2.55. The Morgan fingerprint density at radius 1 is 1.09 bits per heavy atom. The van der Waals surface area contributed by atoms with Crippen molar-refractivity contribution in [2.45, 2.75) is 37.8 Å². The van der Waals surface area contributed by atoms with Crippen molar-refractivity contribution in [2.75, 3.05) is 26.4 Å². The molecule has 2 aliphatic carbocycles. The average molecular weight is 465 g/mol. The first-order valence-electron chi connectivity index (χ1n) is 11.6. The van der Waals surface area contributed by atoms with Crippen molar-refractivity contribution in [3.8, 4) is 11.1 Å². The van der Waals surface area contributed by atoms with Crippen molar-refractivity contribution in [2.24, 2.45) is 5.41 Å². The standard InChI is InChI=1S/C26H28N2O6/c1-26(24(31)28(12-23(29)30)16-10-11-16)15-33-14-22(26)27-25(32)34-13-21-19-8-4-2-6-17(19)18-7-3-5-9-20(18)21/h2-9,16,21-22H,10-15H2,1H3,(H,27,32)(H,29,30).